The summed E-state index contributed by atoms with van der Waals surface area (Å²) in [5.41, 5.74) is 1.22. The third-order valence-corrected chi connectivity index (χ3v) is 5.20. The van der Waals surface area contributed by atoms with Crippen molar-refractivity contribution in [3.63, 3.8) is 0 Å². The van der Waals surface area contributed by atoms with Gasteiger partial charge in [0.15, 0.2) is 0 Å². The van der Waals surface area contributed by atoms with Crippen molar-refractivity contribution in [3.05, 3.63) is 77.4 Å². The van der Waals surface area contributed by atoms with E-state index in [2.05, 4.69) is 10.3 Å². The van der Waals surface area contributed by atoms with Gasteiger partial charge in [0.25, 0.3) is 11.8 Å². The highest BCUT2D eigenvalue weighted by Crippen LogP contribution is 2.33. The van der Waals surface area contributed by atoms with Gasteiger partial charge >= 0.3 is 6.18 Å². The van der Waals surface area contributed by atoms with Crippen molar-refractivity contribution in [1.82, 2.24) is 9.55 Å². The summed E-state index contributed by atoms with van der Waals surface area (Å²) >= 11 is 0. The number of pyridine rings is 1. The molecule has 4 rings (SSSR count). The molecule has 31 heavy (non-hydrogen) atoms. The number of rotatable bonds is 3. The summed E-state index contributed by atoms with van der Waals surface area (Å²) in [5.74, 6) is -0.913. The first-order chi connectivity index (χ1) is 14.6. The molecule has 9 heteroatoms. The van der Waals surface area contributed by atoms with Crippen LogP contribution in [0.2, 0.25) is 0 Å². The van der Waals surface area contributed by atoms with E-state index in [1.54, 1.807) is 29.0 Å². The summed E-state index contributed by atoms with van der Waals surface area (Å²) in [5, 5.41) is 2.73. The molecule has 3 aromatic rings. The number of hydrogen-bond donors (Lipinski definition) is 1. The highest BCUT2D eigenvalue weighted by atomic mass is 19.4. The second-order valence-corrected chi connectivity index (χ2v) is 7.44. The third kappa shape index (κ3) is 3.90. The first-order valence-corrected chi connectivity index (χ1v) is 9.59. The molecule has 2 aromatic heterocycles. The van der Waals surface area contributed by atoms with Crippen LogP contribution in [0, 0.1) is 6.92 Å². The number of halogens is 3. The van der Waals surface area contributed by atoms with Crippen LogP contribution in [0.3, 0.4) is 0 Å². The Balaban J connectivity index is 1.64. The number of aromatic nitrogens is 2. The quantitative estimate of drug-likeness (QED) is 0.659. The summed E-state index contributed by atoms with van der Waals surface area (Å²) in [4.78, 5) is 31.6. The highest BCUT2D eigenvalue weighted by molar-refractivity contribution is 6.16. The first kappa shape index (κ1) is 20.6. The Hall–Kier alpha value is -3.62. The summed E-state index contributed by atoms with van der Waals surface area (Å²) in [6.45, 7) is 3.97. The predicted octanol–water partition coefficient (Wildman–Crippen LogP) is 4.68. The van der Waals surface area contributed by atoms with Gasteiger partial charge in [-0.05, 0) is 56.3 Å². The van der Waals surface area contributed by atoms with Crippen LogP contribution >= 0.6 is 0 Å². The van der Waals surface area contributed by atoms with Crippen molar-refractivity contribution in [1.29, 1.82) is 0 Å². The fourth-order valence-electron chi connectivity index (χ4n) is 3.58. The minimum absolute atomic E-state index is 0.169. The molecule has 0 unspecified atom stereocenters. The van der Waals surface area contributed by atoms with E-state index < -0.39 is 23.6 Å². The van der Waals surface area contributed by atoms with E-state index in [1.807, 2.05) is 13.8 Å². The van der Waals surface area contributed by atoms with Crippen molar-refractivity contribution < 1.29 is 22.8 Å². The number of carbonyl (C=O) groups excluding carboxylic acids is 2. The second kappa shape index (κ2) is 7.57. The Morgan fingerprint density at radius 2 is 1.84 bits per heavy atom. The van der Waals surface area contributed by atoms with Crippen molar-refractivity contribution >= 4 is 23.2 Å². The monoisotopic (exact) mass is 428 g/mol. The smallest absolute Gasteiger partial charge is 0.338 e. The molecule has 0 saturated carbocycles. The Morgan fingerprint density at radius 1 is 1.13 bits per heavy atom. The Labute approximate surface area is 176 Å². The van der Waals surface area contributed by atoms with E-state index in [4.69, 9.17) is 0 Å². The van der Waals surface area contributed by atoms with Crippen LogP contribution in [0.1, 0.15) is 45.1 Å². The number of alkyl halides is 3. The van der Waals surface area contributed by atoms with Crippen LogP contribution in [-0.2, 0) is 6.18 Å². The van der Waals surface area contributed by atoms with Gasteiger partial charge in [0.2, 0.25) is 0 Å². The van der Waals surface area contributed by atoms with Crippen LogP contribution in [0.5, 0.6) is 0 Å². The number of nitrogens with one attached hydrogen (secondary N) is 1. The molecule has 0 aliphatic carbocycles. The van der Waals surface area contributed by atoms with E-state index in [1.165, 1.54) is 23.2 Å². The summed E-state index contributed by atoms with van der Waals surface area (Å²) in [7, 11) is 0. The molecule has 6 nitrogen and oxygen atoms in total. The number of fused-ring (bicyclic) bond motifs is 1. The Morgan fingerprint density at radius 3 is 2.45 bits per heavy atom. The summed E-state index contributed by atoms with van der Waals surface area (Å²) < 4.78 is 40.3. The van der Waals surface area contributed by atoms with Gasteiger partial charge in [-0.25, -0.2) is 0 Å². The Kier molecular flexibility index (Phi) is 5.04. The molecule has 3 heterocycles. The lowest BCUT2D eigenvalue weighted by atomic mass is 10.1. The summed E-state index contributed by atoms with van der Waals surface area (Å²) in [6.07, 6.45) is -1.26. The minimum atomic E-state index is -4.46. The third-order valence-electron chi connectivity index (χ3n) is 5.20. The zero-order valence-electron chi connectivity index (χ0n) is 16.8. The molecule has 160 valence electrons. The molecule has 0 spiro atoms. The standard InChI is InChI=1S/C22H19F3N4O2/c1-13-3-6-16(11-26-13)27-20(30)18-9-10-28-14(2)12-29(21(31)19(18)28)17-7-4-15(5-8-17)22(23,24)25/h3-11,14H,12H2,1-2H3,(H,27,30)/t14-/m0/s1. The molecule has 1 aliphatic heterocycles. The molecular formula is C22H19F3N4O2. The van der Waals surface area contributed by atoms with Gasteiger partial charge in [-0.2, -0.15) is 13.2 Å². The highest BCUT2D eigenvalue weighted by Gasteiger charge is 2.35. The minimum Gasteiger partial charge on any atom is -0.338 e. The molecule has 0 saturated heterocycles. The van der Waals surface area contributed by atoms with Gasteiger partial charge < -0.3 is 14.8 Å². The maximum absolute atomic E-state index is 13.2. The zero-order valence-corrected chi connectivity index (χ0v) is 16.8. The zero-order chi connectivity index (χ0) is 22.3. The van der Waals surface area contributed by atoms with Gasteiger partial charge in [-0.3, -0.25) is 14.6 Å². The Bertz CT molecular complexity index is 1140. The molecule has 1 aromatic carbocycles. The lowest BCUT2D eigenvalue weighted by Gasteiger charge is -2.33. The molecule has 0 radical (unpaired) electrons. The van der Waals surface area contributed by atoms with Gasteiger partial charge in [0.05, 0.1) is 23.0 Å². The summed E-state index contributed by atoms with van der Waals surface area (Å²) in [6, 6.07) is 9.28. The van der Waals surface area contributed by atoms with E-state index >= 15 is 0 Å². The van der Waals surface area contributed by atoms with Gasteiger partial charge in [-0.1, -0.05) is 0 Å². The van der Waals surface area contributed by atoms with Crippen LogP contribution in [0.15, 0.2) is 54.9 Å². The fraction of sp³-hybridized carbons (Fsp3) is 0.227. The van der Waals surface area contributed by atoms with Gasteiger partial charge in [0, 0.05) is 30.2 Å². The van der Waals surface area contributed by atoms with Crippen LogP contribution in [0.25, 0.3) is 0 Å². The largest absolute Gasteiger partial charge is 0.416 e. The lowest BCUT2D eigenvalue weighted by Crippen LogP contribution is -2.43. The average Bonchev–Trinajstić information content (AvgIpc) is 3.18. The average molecular weight is 428 g/mol. The molecule has 2 amide bonds. The second-order valence-electron chi connectivity index (χ2n) is 7.44. The maximum atomic E-state index is 13.2. The number of amides is 2. The number of anilines is 2. The molecule has 0 bridgehead atoms. The maximum Gasteiger partial charge on any atom is 0.416 e. The number of hydrogen-bond acceptors (Lipinski definition) is 3. The predicted molar refractivity (Wildman–Crippen MR) is 109 cm³/mol. The van der Waals surface area contributed by atoms with Crippen molar-refractivity contribution in [2.75, 3.05) is 16.8 Å². The van der Waals surface area contributed by atoms with E-state index in [0.29, 0.717) is 11.4 Å². The van der Waals surface area contributed by atoms with Crippen molar-refractivity contribution in [3.8, 4) is 0 Å². The fourth-order valence-corrected chi connectivity index (χ4v) is 3.58. The molecule has 0 fully saturated rings. The van der Waals surface area contributed by atoms with Gasteiger partial charge in [-0.15, -0.1) is 0 Å². The van der Waals surface area contributed by atoms with E-state index in [-0.39, 0.29) is 23.8 Å². The number of carbonyl (C=O) groups is 2. The normalized spacial score (nSPS) is 16.2. The SMILES string of the molecule is Cc1ccc(NC(=O)c2ccn3c2C(=O)N(c2ccc(C(F)(F)F)cc2)C[C@@H]3C)cn1. The molecule has 1 atom stereocenters. The van der Waals surface area contributed by atoms with E-state index in [9.17, 15) is 22.8 Å². The topological polar surface area (TPSA) is 67.2 Å². The molecular weight excluding hydrogens is 409 g/mol. The van der Waals surface area contributed by atoms with Crippen molar-refractivity contribution in [2.45, 2.75) is 26.1 Å². The number of aryl methyl sites for hydroxylation is 1. The van der Waals surface area contributed by atoms with Gasteiger partial charge in [0.1, 0.15) is 5.69 Å². The molecule has 1 N–H and O–H groups in total. The van der Waals surface area contributed by atoms with Crippen LogP contribution in [-0.4, -0.2) is 27.9 Å². The first-order valence-electron chi connectivity index (χ1n) is 9.59. The molecule has 1 aliphatic rings. The van der Waals surface area contributed by atoms with E-state index in [0.717, 1.165) is 17.8 Å². The number of nitrogens with zero attached hydrogens (tertiary/aromatic N) is 3. The van der Waals surface area contributed by atoms with Crippen LogP contribution < -0.4 is 10.2 Å². The lowest BCUT2D eigenvalue weighted by molar-refractivity contribution is -0.137. The number of benzene rings is 1. The van der Waals surface area contributed by atoms with Crippen molar-refractivity contribution in [2.24, 2.45) is 0 Å². The van der Waals surface area contributed by atoms with Crippen LogP contribution in [0.4, 0.5) is 24.5 Å².